The van der Waals surface area contributed by atoms with E-state index in [0.29, 0.717) is 30.5 Å². The fourth-order valence-corrected chi connectivity index (χ4v) is 3.49. The van der Waals surface area contributed by atoms with E-state index in [9.17, 15) is 22.4 Å². The summed E-state index contributed by atoms with van der Waals surface area (Å²) in [5, 5.41) is 0. The third-order valence-electron chi connectivity index (χ3n) is 5.04. The van der Waals surface area contributed by atoms with Crippen LogP contribution >= 0.6 is 0 Å². The number of halogens is 4. The Kier molecular flexibility index (Phi) is 6.02. The van der Waals surface area contributed by atoms with Gasteiger partial charge >= 0.3 is 6.18 Å². The first kappa shape index (κ1) is 21.7. The van der Waals surface area contributed by atoms with Crippen molar-refractivity contribution >= 4 is 5.91 Å². The first-order valence-electron chi connectivity index (χ1n) is 9.87. The summed E-state index contributed by atoms with van der Waals surface area (Å²) in [6, 6.07) is 8.86. The van der Waals surface area contributed by atoms with Gasteiger partial charge in [-0.25, -0.2) is 19.3 Å². The van der Waals surface area contributed by atoms with E-state index in [0.717, 1.165) is 24.7 Å². The van der Waals surface area contributed by atoms with E-state index in [2.05, 4.69) is 15.0 Å². The molecule has 3 aromatic rings. The number of nitrogens with zero attached hydrogens (tertiary/aromatic N) is 4. The molecule has 1 saturated heterocycles. The van der Waals surface area contributed by atoms with Crippen LogP contribution in [0.1, 0.15) is 28.8 Å². The first-order chi connectivity index (χ1) is 15.3. The maximum Gasteiger partial charge on any atom is 0.417 e. The number of benzene rings is 1. The zero-order chi connectivity index (χ0) is 22.7. The predicted molar refractivity (Wildman–Crippen MR) is 106 cm³/mol. The smallest absolute Gasteiger partial charge is 0.417 e. The molecule has 3 heterocycles. The number of carbonyl (C=O) groups excluding carboxylic acids is 1. The Morgan fingerprint density at radius 3 is 2.47 bits per heavy atom. The molecule has 1 atom stereocenters. The fraction of sp³-hybridized carbons (Fsp3) is 0.273. The number of hydrogen-bond acceptors (Lipinski definition) is 5. The van der Waals surface area contributed by atoms with Crippen molar-refractivity contribution in [3.63, 3.8) is 0 Å². The largest absolute Gasteiger partial charge is 0.472 e. The van der Waals surface area contributed by atoms with Gasteiger partial charge < -0.3 is 9.64 Å². The number of amides is 1. The van der Waals surface area contributed by atoms with Crippen LogP contribution < -0.4 is 4.74 Å². The number of aromatic nitrogens is 3. The van der Waals surface area contributed by atoms with Gasteiger partial charge in [0.05, 0.1) is 30.1 Å². The summed E-state index contributed by atoms with van der Waals surface area (Å²) in [5.41, 5.74) is -0.0118. The van der Waals surface area contributed by atoms with Crippen LogP contribution in [0.4, 0.5) is 17.6 Å². The lowest BCUT2D eigenvalue weighted by molar-refractivity contribution is -0.137. The summed E-state index contributed by atoms with van der Waals surface area (Å²) >= 11 is 0. The topological polar surface area (TPSA) is 68.2 Å². The summed E-state index contributed by atoms with van der Waals surface area (Å²) in [6.07, 6.45) is -0.800. The van der Waals surface area contributed by atoms with Crippen molar-refractivity contribution in [2.24, 2.45) is 0 Å². The standard InChI is InChI=1S/C22H18F4N4O2/c23-15-11-28-20(29-12-15)17-5-1-2-6-18(17)21(31)30-9-3-4-16(13-30)32-19-8-7-14(10-27-19)22(24,25)26/h1-2,5-8,10-12,16H,3-4,9,13H2. The number of carbonyl (C=O) groups is 1. The van der Waals surface area contributed by atoms with Crippen LogP contribution in [0.3, 0.4) is 0 Å². The fourth-order valence-electron chi connectivity index (χ4n) is 3.49. The minimum absolute atomic E-state index is 0.0670. The predicted octanol–water partition coefficient (Wildman–Crippen LogP) is 4.38. The Hall–Kier alpha value is -3.56. The van der Waals surface area contributed by atoms with Crippen molar-refractivity contribution in [3.05, 3.63) is 71.9 Å². The van der Waals surface area contributed by atoms with E-state index in [4.69, 9.17) is 4.74 Å². The minimum atomic E-state index is -4.47. The summed E-state index contributed by atoms with van der Waals surface area (Å²) in [7, 11) is 0. The number of likely N-dealkylation sites (tertiary alicyclic amines) is 1. The lowest BCUT2D eigenvalue weighted by Gasteiger charge is -2.33. The SMILES string of the molecule is O=C(c1ccccc1-c1ncc(F)cn1)N1CCCC(Oc2ccc(C(F)(F)F)cn2)C1. The van der Waals surface area contributed by atoms with Gasteiger partial charge in [0.1, 0.15) is 6.10 Å². The van der Waals surface area contributed by atoms with Crippen molar-refractivity contribution in [2.45, 2.75) is 25.1 Å². The molecular weight excluding hydrogens is 428 g/mol. The normalized spacial score (nSPS) is 16.6. The molecule has 10 heteroatoms. The second-order valence-corrected chi connectivity index (χ2v) is 7.29. The Morgan fingerprint density at radius 1 is 1.03 bits per heavy atom. The van der Waals surface area contributed by atoms with E-state index < -0.39 is 23.7 Å². The molecule has 0 aliphatic carbocycles. The lowest BCUT2D eigenvalue weighted by Crippen LogP contribution is -2.44. The Bertz CT molecular complexity index is 1090. The van der Waals surface area contributed by atoms with Gasteiger partial charge in [0, 0.05) is 24.4 Å². The molecule has 0 saturated carbocycles. The Labute approximate surface area is 180 Å². The quantitative estimate of drug-likeness (QED) is 0.557. The van der Waals surface area contributed by atoms with Crippen LogP contribution in [0, 0.1) is 5.82 Å². The summed E-state index contributed by atoms with van der Waals surface area (Å²) in [4.78, 5) is 26.5. The molecule has 1 aliphatic heterocycles. The van der Waals surface area contributed by atoms with Crippen molar-refractivity contribution < 1.29 is 27.1 Å². The van der Waals surface area contributed by atoms with Crippen molar-refractivity contribution in [3.8, 4) is 17.3 Å². The zero-order valence-electron chi connectivity index (χ0n) is 16.7. The molecule has 1 fully saturated rings. The maximum absolute atomic E-state index is 13.2. The number of hydrogen-bond donors (Lipinski definition) is 0. The molecule has 4 rings (SSSR count). The van der Waals surface area contributed by atoms with Gasteiger partial charge in [-0.15, -0.1) is 0 Å². The van der Waals surface area contributed by atoms with Crippen LogP contribution in [0.5, 0.6) is 5.88 Å². The Morgan fingerprint density at radius 2 is 1.78 bits per heavy atom. The molecule has 32 heavy (non-hydrogen) atoms. The molecule has 1 aliphatic rings. The van der Waals surface area contributed by atoms with Crippen LogP contribution in [0.15, 0.2) is 55.0 Å². The molecule has 0 N–H and O–H groups in total. The highest BCUT2D eigenvalue weighted by Crippen LogP contribution is 2.30. The van der Waals surface area contributed by atoms with Crippen LogP contribution in [0.2, 0.25) is 0 Å². The molecule has 6 nitrogen and oxygen atoms in total. The van der Waals surface area contributed by atoms with E-state index in [1.165, 1.54) is 6.07 Å². The average Bonchev–Trinajstić information content (AvgIpc) is 2.79. The summed E-state index contributed by atoms with van der Waals surface area (Å²) < 4.78 is 57.0. The van der Waals surface area contributed by atoms with Gasteiger partial charge in [0.2, 0.25) is 5.88 Å². The van der Waals surface area contributed by atoms with Crippen LogP contribution in [-0.2, 0) is 6.18 Å². The van der Waals surface area contributed by atoms with Crippen molar-refractivity contribution in [1.29, 1.82) is 0 Å². The molecule has 1 aromatic carbocycles. The van der Waals surface area contributed by atoms with Gasteiger partial charge in [-0.2, -0.15) is 13.2 Å². The molecule has 1 amide bonds. The second kappa shape index (κ2) is 8.89. The molecular formula is C22H18F4N4O2. The van der Waals surface area contributed by atoms with Gasteiger partial charge in [-0.3, -0.25) is 4.79 Å². The number of pyridine rings is 1. The van der Waals surface area contributed by atoms with Crippen LogP contribution in [0.25, 0.3) is 11.4 Å². The molecule has 0 bridgehead atoms. The average molecular weight is 446 g/mol. The summed E-state index contributed by atoms with van der Waals surface area (Å²) in [5.74, 6) is -0.542. The third kappa shape index (κ3) is 4.84. The molecule has 0 spiro atoms. The molecule has 0 radical (unpaired) electrons. The maximum atomic E-state index is 13.2. The van der Waals surface area contributed by atoms with Crippen LogP contribution in [-0.4, -0.2) is 45.0 Å². The number of alkyl halides is 3. The van der Waals surface area contributed by atoms with Crippen molar-refractivity contribution in [1.82, 2.24) is 19.9 Å². The van der Waals surface area contributed by atoms with E-state index >= 15 is 0 Å². The Balaban J connectivity index is 1.48. The molecule has 166 valence electrons. The van der Waals surface area contributed by atoms with Gasteiger partial charge in [0.25, 0.3) is 5.91 Å². The first-order valence-corrected chi connectivity index (χ1v) is 9.87. The molecule has 2 aromatic heterocycles. The zero-order valence-corrected chi connectivity index (χ0v) is 16.7. The number of piperidine rings is 1. The minimum Gasteiger partial charge on any atom is -0.472 e. The lowest BCUT2D eigenvalue weighted by atomic mass is 10.0. The van der Waals surface area contributed by atoms with E-state index in [1.807, 2.05) is 0 Å². The van der Waals surface area contributed by atoms with Gasteiger partial charge in [0.15, 0.2) is 11.6 Å². The number of ether oxygens (including phenoxy) is 1. The highest BCUT2D eigenvalue weighted by atomic mass is 19.4. The highest BCUT2D eigenvalue weighted by Gasteiger charge is 2.31. The number of rotatable bonds is 4. The van der Waals surface area contributed by atoms with Gasteiger partial charge in [-0.05, 0) is 25.0 Å². The van der Waals surface area contributed by atoms with E-state index in [-0.39, 0.29) is 24.2 Å². The third-order valence-corrected chi connectivity index (χ3v) is 5.04. The van der Waals surface area contributed by atoms with Crippen molar-refractivity contribution in [2.75, 3.05) is 13.1 Å². The monoisotopic (exact) mass is 446 g/mol. The highest BCUT2D eigenvalue weighted by molar-refractivity contribution is 6.00. The summed E-state index contributed by atoms with van der Waals surface area (Å²) in [6.45, 7) is 0.748. The molecule has 1 unspecified atom stereocenters. The van der Waals surface area contributed by atoms with Gasteiger partial charge in [-0.1, -0.05) is 18.2 Å². The van der Waals surface area contributed by atoms with E-state index in [1.54, 1.807) is 29.2 Å². The second-order valence-electron chi connectivity index (χ2n) is 7.29.